The van der Waals surface area contributed by atoms with Gasteiger partial charge in [-0.25, -0.2) is 4.68 Å². The van der Waals surface area contributed by atoms with Gasteiger partial charge < -0.3 is 14.4 Å². The van der Waals surface area contributed by atoms with Crippen LogP contribution in [0.25, 0.3) is 0 Å². The van der Waals surface area contributed by atoms with Gasteiger partial charge in [0.1, 0.15) is 11.6 Å². The molecule has 1 amide bonds. The fourth-order valence-corrected chi connectivity index (χ4v) is 2.42. The second-order valence-electron chi connectivity index (χ2n) is 5.21. The van der Waals surface area contributed by atoms with Crippen LogP contribution in [0.1, 0.15) is 5.56 Å². The molecule has 0 saturated heterocycles. The number of hydrogen-bond acceptors (Lipinski definition) is 5. The molecule has 0 N–H and O–H groups in total. The SMILES string of the molecule is COc1ccc(CN(C)C(=O)Cn2ncc(Cl)c(Cl)c2=O)cc1OC. The number of likely N-dealkylation sites (N-methyl/N-ethyl adjacent to an activating group) is 1. The van der Waals surface area contributed by atoms with E-state index in [0.29, 0.717) is 18.0 Å². The van der Waals surface area contributed by atoms with Crippen molar-refractivity contribution in [3.05, 3.63) is 50.4 Å². The van der Waals surface area contributed by atoms with Crippen LogP contribution in [-0.2, 0) is 17.9 Å². The molecule has 2 aromatic rings. The Labute approximate surface area is 154 Å². The number of benzene rings is 1. The van der Waals surface area contributed by atoms with Crippen LogP contribution in [0.5, 0.6) is 11.5 Å². The highest BCUT2D eigenvalue weighted by Gasteiger charge is 2.15. The Morgan fingerprint density at radius 2 is 1.92 bits per heavy atom. The number of carbonyl (C=O) groups excluding carboxylic acids is 1. The molecule has 0 radical (unpaired) electrons. The van der Waals surface area contributed by atoms with Crippen molar-refractivity contribution in [1.29, 1.82) is 0 Å². The predicted octanol–water partition coefficient (Wildman–Crippen LogP) is 2.23. The summed E-state index contributed by atoms with van der Waals surface area (Å²) >= 11 is 11.5. The van der Waals surface area contributed by atoms with Crippen molar-refractivity contribution in [3.8, 4) is 11.5 Å². The monoisotopic (exact) mass is 385 g/mol. The zero-order valence-electron chi connectivity index (χ0n) is 14.0. The smallest absolute Gasteiger partial charge is 0.287 e. The van der Waals surface area contributed by atoms with Gasteiger partial charge in [-0.15, -0.1) is 0 Å². The van der Waals surface area contributed by atoms with Crippen LogP contribution in [0, 0.1) is 0 Å². The third-order valence-corrected chi connectivity index (χ3v) is 4.27. The molecule has 0 bridgehead atoms. The average Bonchev–Trinajstić information content (AvgIpc) is 2.61. The maximum atomic E-state index is 12.3. The Morgan fingerprint density at radius 1 is 1.24 bits per heavy atom. The second kappa shape index (κ2) is 8.22. The van der Waals surface area contributed by atoms with Crippen LogP contribution in [0.2, 0.25) is 10.0 Å². The summed E-state index contributed by atoms with van der Waals surface area (Å²) in [7, 11) is 4.72. The molecule has 2 rings (SSSR count). The molecular weight excluding hydrogens is 369 g/mol. The molecule has 9 heteroatoms. The summed E-state index contributed by atoms with van der Waals surface area (Å²) in [6.07, 6.45) is 1.23. The van der Waals surface area contributed by atoms with Crippen molar-refractivity contribution in [2.75, 3.05) is 21.3 Å². The molecule has 1 aromatic heterocycles. The van der Waals surface area contributed by atoms with Crippen LogP contribution in [0.4, 0.5) is 0 Å². The van der Waals surface area contributed by atoms with E-state index in [9.17, 15) is 9.59 Å². The van der Waals surface area contributed by atoms with E-state index in [1.165, 1.54) is 11.1 Å². The van der Waals surface area contributed by atoms with E-state index in [4.69, 9.17) is 32.7 Å². The molecule has 0 atom stereocenters. The van der Waals surface area contributed by atoms with Gasteiger partial charge in [0.05, 0.1) is 25.4 Å². The summed E-state index contributed by atoms with van der Waals surface area (Å²) in [6.45, 7) is 0.0920. The van der Waals surface area contributed by atoms with E-state index in [2.05, 4.69) is 5.10 Å². The minimum absolute atomic E-state index is 0.0500. The Kier molecular flexibility index (Phi) is 6.27. The number of amides is 1. The molecule has 0 aliphatic heterocycles. The van der Waals surface area contributed by atoms with E-state index < -0.39 is 5.56 Å². The van der Waals surface area contributed by atoms with Crippen molar-refractivity contribution < 1.29 is 14.3 Å². The number of methoxy groups -OCH3 is 2. The van der Waals surface area contributed by atoms with Crippen LogP contribution in [-0.4, -0.2) is 41.9 Å². The fourth-order valence-electron chi connectivity index (χ4n) is 2.15. The standard InChI is InChI=1S/C16H17Cl2N3O4/c1-20(8-10-4-5-12(24-2)13(6-10)25-3)14(22)9-21-16(23)15(18)11(17)7-19-21/h4-7H,8-9H2,1-3H3. The van der Waals surface area contributed by atoms with E-state index in [1.807, 2.05) is 6.07 Å². The highest BCUT2D eigenvalue weighted by molar-refractivity contribution is 6.41. The molecule has 0 fully saturated rings. The van der Waals surface area contributed by atoms with E-state index in [1.54, 1.807) is 33.4 Å². The first kappa shape index (κ1) is 19.1. The van der Waals surface area contributed by atoms with Gasteiger partial charge in [0.25, 0.3) is 5.56 Å². The van der Waals surface area contributed by atoms with Crippen LogP contribution in [0.3, 0.4) is 0 Å². The molecule has 0 spiro atoms. The highest BCUT2D eigenvalue weighted by Crippen LogP contribution is 2.27. The molecule has 7 nitrogen and oxygen atoms in total. The first-order valence-corrected chi connectivity index (χ1v) is 7.99. The number of ether oxygens (including phenoxy) is 2. The minimum atomic E-state index is -0.609. The fraction of sp³-hybridized carbons (Fsp3) is 0.312. The number of rotatable bonds is 6. The number of aromatic nitrogens is 2. The normalized spacial score (nSPS) is 10.4. The summed E-state index contributed by atoms with van der Waals surface area (Å²) in [5, 5.41) is 3.71. The first-order chi connectivity index (χ1) is 11.9. The Balaban J connectivity index is 2.11. The Hall–Kier alpha value is -2.25. The molecule has 0 unspecified atom stereocenters. The van der Waals surface area contributed by atoms with Gasteiger partial charge in [0, 0.05) is 13.6 Å². The van der Waals surface area contributed by atoms with Gasteiger partial charge in [-0.05, 0) is 17.7 Å². The number of halogens is 2. The molecule has 0 aliphatic rings. The maximum absolute atomic E-state index is 12.3. The summed E-state index contributed by atoms with van der Waals surface area (Å²) in [4.78, 5) is 25.8. The topological polar surface area (TPSA) is 73.7 Å². The lowest BCUT2D eigenvalue weighted by molar-refractivity contribution is -0.131. The summed E-state index contributed by atoms with van der Waals surface area (Å²) < 4.78 is 11.4. The van der Waals surface area contributed by atoms with Crippen molar-refractivity contribution in [2.45, 2.75) is 13.1 Å². The summed E-state index contributed by atoms with van der Waals surface area (Å²) in [5.41, 5.74) is 0.241. The quantitative estimate of drug-likeness (QED) is 0.761. The lowest BCUT2D eigenvalue weighted by Gasteiger charge is -2.18. The van der Waals surface area contributed by atoms with Crippen LogP contribution < -0.4 is 15.0 Å². The predicted molar refractivity (Wildman–Crippen MR) is 94.5 cm³/mol. The molecule has 1 heterocycles. The Morgan fingerprint density at radius 3 is 2.56 bits per heavy atom. The largest absolute Gasteiger partial charge is 0.493 e. The average molecular weight is 386 g/mol. The number of carbonyl (C=O) groups is 1. The second-order valence-corrected chi connectivity index (χ2v) is 5.99. The van der Waals surface area contributed by atoms with Crippen molar-refractivity contribution in [3.63, 3.8) is 0 Å². The van der Waals surface area contributed by atoms with Gasteiger partial charge in [-0.1, -0.05) is 29.3 Å². The lowest BCUT2D eigenvalue weighted by atomic mass is 10.2. The van der Waals surface area contributed by atoms with Crippen LogP contribution >= 0.6 is 23.2 Å². The minimum Gasteiger partial charge on any atom is -0.493 e. The molecule has 1 aromatic carbocycles. The third-order valence-electron chi connectivity index (χ3n) is 3.52. The van der Waals surface area contributed by atoms with E-state index in [0.717, 1.165) is 10.2 Å². The van der Waals surface area contributed by atoms with Gasteiger partial charge in [-0.2, -0.15) is 5.10 Å². The zero-order valence-corrected chi connectivity index (χ0v) is 15.5. The molecule has 0 aliphatic carbocycles. The maximum Gasteiger partial charge on any atom is 0.287 e. The van der Waals surface area contributed by atoms with Gasteiger partial charge >= 0.3 is 0 Å². The number of hydrogen-bond donors (Lipinski definition) is 0. The van der Waals surface area contributed by atoms with Crippen molar-refractivity contribution >= 4 is 29.1 Å². The van der Waals surface area contributed by atoms with Gasteiger partial charge in [0.2, 0.25) is 5.91 Å². The first-order valence-electron chi connectivity index (χ1n) is 7.23. The van der Waals surface area contributed by atoms with E-state index >= 15 is 0 Å². The van der Waals surface area contributed by atoms with Crippen LogP contribution in [0.15, 0.2) is 29.2 Å². The molecule has 0 saturated carbocycles. The highest BCUT2D eigenvalue weighted by atomic mass is 35.5. The molecule has 25 heavy (non-hydrogen) atoms. The lowest BCUT2D eigenvalue weighted by Crippen LogP contribution is -2.34. The summed E-state index contributed by atoms with van der Waals surface area (Å²) in [5.74, 6) is 0.873. The Bertz CT molecular complexity index is 839. The molecule has 134 valence electrons. The zero-order chi connectivity index (χ0) is 18.6. The van der Waals surface area contributed by atoms with Gasteiger partial charge in [-0.3, -0.25) is 9.59 Å². The van der Waals surface area contributed by atoms with Crippen molar-refractivity contribution in [2.24, 2.45) is 0 Å². The summed E-state index contributed by atoms with van der Waals surface area (Å²) in [6, 6.07) is 5.37. The van der Waals surface area contributed by atoms with Crippen molar-refractivity contribution in [1.82, 2.24) is 14.7 Å². The van der Waals surface area contributed by atoms with Gasteiger partial charge in [0.15, 0.2) is 11.5 Å². The number of nitrogens with zero attached hydrogens (tertiary/aromatic N) is 3. The third kappa shape index (κ3) is 4.43. The van der Waals surface area contributed by atoms with E-state index in [-0.39, 0.29) is 22.5 Å². The molecular formula is C16H17Cl2N3O4.